The molecule has 3 rings (SSSR count). The fourth-order valence-corrected chi connectivity index (χ4v) is 4.02. The summed E-state index contributed by atoms with van der Waals surface area (Å²) in [5.41, 5.74) is 0.969. The molecule has 1 spiro atoms. The molecule has 1 aromatic carbocycles. The standard InChI is InChI=1S/C19H26ClNO3/c1-23-17-3-2-14-24-19(17)10-12-21(13-11-19)18(22)9-6-15-4-7-16(20)8-5-15/h4-5,7-8,17H,2-3,6,9-14H2,1H3. The van der Waals surface area contributed by atoms with Gasteiger partial charge in [0.05, 0.1) is 11.7 Å². The van der Waals surface area contributed by atoms with Gasteiger partial charge >= 0.3 is 0 Å². The molecule has 0 bridgehead atoms. The van der Waals surface area contributed by atoms with E-state index in [9.17, 15) is 4.79 Å². The molecule has 1 aromatic rings. The third kappa shape index (κ3) is 3.93. The van der Waals surface area contributed by atoms with Crippen molar-refractivity contribution < 1.29 is 14.3 Å². The number of rotatable bonds is 4. The largest absolute Gasteiger partial charge is 0.378 e. The molecule has 4 nitrogen and oxygen atoms in total. The highest BCUT2D eigenvalue weighted by atomic mass is 35.5. The van der Waals surface area contributed by atoms with Crippen molar-refractivity contribution in [2.24, 2.45) is 0 Å². The molecule has 2 fully saturated rings. The lowest BCUT2D eigenvalue weighted by atomic mass is 9.81. The number of piperidine rings is 1. The molecule has 1 amide bonds. The Morgan fingerprint density at radius 1 is 1.33 bits per heavy atom. The molecule has 0 saturated carbocycles. The quantitative estimate of drug-likeness (QED) is 0.833. The SMILES string of the molecule is COC1CCCOC12CCN(C(=O)CCc1ccc(Cl)cc1)CC2. The van der Waals surface area contributed by atoms with Gasteiger partial charge in [-0.2, -0.15) is 0 Å². The van der Waals surface area contributed by atoms with Gasteiger partial charge in [0, 0.05) is 38.2 Å². The molecule has 0 radical (unpaired) electrons. The van der Waals surface area contributed by atoms with Crippen LogP contribution in [0.4, 0.5) is 0 Å². The first-order valence-electron chi connectivity index (χ1n) is 8.82. The molecule has 132 valence electrons. The maximum atomic E-state index is 12.5. The first kappa shape index (κ1) is 17.7. The van der Waals surface area contributed by atoms with E-state index in [0.717, 1.165) is 62.4 Å². The van der Waals surface area contributed by atoms with E-state index < -0.39 is 0 Å². The summed E-state index contributed by atoms with van der Waals surface area (Å²) in [6.07, 6.45) is 5.33. The number of likely N-dealkylation sites (tertiary alicyclic amines) is 1. The minimum absolute atomic E-state index is 0.164. The van der Waals surface area contributed by atoms with Gasteiger partial charge in [0.2, 0.25) is 5.91 Å². The van der Waals surface area contributed by atoms with E-state index in [1.165, 1.54) is 0 Å². The van der Waals surface area contributed by atoms with Crippen molar-refractivity contribution >= 4 is 17.5 Å². The van der Waals surface area contributed by atoms with Crippen molar-refractivity contribution in [3.63, 3.8) is 0 Å². The van der Waals surface area contributed by atoms with Crippen molar-refractivity contribution in [3.8, 4) is 0 Å². The van der Waals surface area contributed by atoms with Gasteiger partial charge in [0.25, 0.3) is 0 Å². The molecule has 1 atom stereocenters. The number of amides is 1. The molecular weight excluding hydrogens is 326 g/mol. The van der Waals surface area contributed by atoms with E-state index in [4.69, 9.17) is 21.1 Å². The normalized spacial score (nSPS) is 23.4. The number of carbonyl (C=O) groups is 1. The summed E-state index contributed by atoms with van der Waals surface area (Å²) in [5.74, 6) is 0.226. The Morgan fingerprint density at radius 2 is 2.04 bits per heavy atom. The maximum absolute atomic E-state index is 12.5. The van der Waals surface area contributed by atoms with Crippen LogP contribution in [0.15, 0.2) is 24.3 Å². The van der Waals surface area contributed by atoms with Gasteiger partial charge in [-0.3, -0.25) is 4.79 Å². The molecule has 2 saturated heterocycles. The first-order valence-corrected chi connectivity index (χ1v) is 9.20. The summed E-state index contributed by atoms with van der Waals surface area (Å²) in [6.45, 7) is 2.34. The van der Waals surface area contributed by atoms with E-state index in [2.05, 4.69) is 0 Å². The second kappa shape index (κ2) is 7.85. The van der Waals surface area contributed by atoms with Crippen molar-refractivity contribution in [3.05, 3.63) is 34.9 Å². The van der Waals surface area contributed by atoms with Gasteiger partial charge < -0.3 is 14.4 Å². The van der Waals surface area contributed by atoms with Gasteiger partial charge in [-0.1, -0.05) is 23.7 Å². The highest BCUT2D eigenvalue weighted by molar-refractivity contribution is 6.30. The van der Waals surface area contributed by atoms with E-state index in [-0.39, 0.29) is 17.6 Å². The lowest BCUT2D eigenvalue weighted by Crippen LogP contribution is -2.56. The fraction of sp³-hybridized carbons (Fsp3) is 0.632. The number of hydrogen-bond acceptors (Lipinski definition) is 3. The first-order chi connectivity index (χ1) is 11.6. The predicted octanol–water partition coefficient (Wildman–Crippen LogP) is 3.46. The molecule has 5 heteroatoms. The lowest BCUT2D eigenvalue weighted by Gasteiger charge is -2.48. The number of hydrogen-bond donors (Lipinski definition) is 0. The summed E-state index contributed by atoms with van der Waals surface area (Å²) in [6, 6.07) is 7.72. The van der Waals surface area contributed by atoms with E-state index in [1.807, 2.05) is 29.2 Å². The van der Waals surface area contributed by atoms with Crippen LogP contribution in [0.1, 0.15) is 37.7 Å². The highest BCUT2D eigenvalue weighted by Gasteiger charge is 2.45. The van der Waals surface area contributed by atoms with Gasteiger partial charge in [-0.15, -0.1) is 0 Å². The second-order valence-electron chi connectivity index (χ2n) is 6.79. The van der Waals surface area contributed by atoms with Gasteiger partial charge in [-0.05, 0) is 49.8 Å². The molecule has 2 heterocycles. The fourth-order valence-electron chi connectivity index (χ4n) is 3.89. The average molecular weight is 352 g/mol. The van der Waals surface area contributed by atoms with Crippen LogP contribution in [0.25, 0.3) is 0 Å². The molecular formula is C19H26ClNO3. The van der Waals surface area contributed by atoms with Crippen molar-refractivity contribution in [2.75, 3.05) is 26.8 Å². The molecule has 2 aliphatic rings. The molecule has 24 heavy (non-hydrogen) atoms. The monoisotopic (exact) mass is 351 g/mol. The summed E-state index contributed by atoms with van der Waals surface area (Å²) < 4.78 is 11.8. The Bertz CT molecular complexity index is 552. The Labute approximate surface area is 149 Å². The van der Waals surface area contributed by atoms with Crippen LogP contribution in [-0.4, -0.2) is 49.3 Å². The number of halogens is 1. The third-order valence-corrected chi connectivity index (χ3v) is 5.63. The Morgan fingerprint density at radius 3 is 2.71 bits per heavy atom. The third-order valence-electron chi connectivity index (χ3n) is 5.37. The van der Waals surface area contributed by atoms with E-state index >= 15 is 0 Å². The summed E-state index contributed by atoms with van der Waals surface area (Å²) in [5, 5.41) is 0.728. The van der Waals surface area contributed by atoms with Gasteiger partial charge in [0.1, 0.15) is 0 Å². The number of methoxy groups -OCH3 is 1. The number of carbonyl (C=O) groups excluding carboxylic acids is 1. The minimum atomic E-state index is -0.181. The average Bonchev–Trinajstić information content (AvgIpc) is 2.62. The zero-order valence-corrected chi connectivity index (χ0v) is 15.1. The van der Waals surface area contributed by atoms with Crippen LogP contribution in [0, 0.1) is 0 Å². The summed E-state index contributed by atoms with van der Waals surface area (Å²) in [7, 11) is 1.77. The van der Waals surface area contributed by atoms with Gasteiger partial charge in [-0.25, -0.2) is 0 Å². The zero-order chi connectivity index (χ0) is 17.0. The predicted molar refractivity (Wildman–Crippen MR) is 94.3 cm³/mol. The zero-order valence-electron chi connectivity index (χ0n) is 14.3. The Hall–Kier alpha value is -1.10. The molecule has 0 N–H and O–H groups in total. The summed E-state index contributed by atoms with van der Waals surface area (Å²) in [4.78, 5) is 14.5. The molecule has 2 aliphatic heterocycles. The van der Waals surface area contributed by atoms with Gasteiger partial charge in [0.15, 0.2) is 0 Å². The summed E-state index contributed by atoms with van der Waals surface area (Å²) >= 11 is 5.89. The van der Waals surface area contributed by atoms with Crippen LogP contribution < -0.4 is 0 Å². The van der Waals surface area contributed by atoms with Crippen LogP contribution in [0.2, 0.25) is 5.02 Å². The molecule has 0 aliphatic carbocycles. The van der Waals surface area contributed by atoms with Crippen LogP contribution in [0.5, 0.6) is 0 Å². The van der Waals surface area contributed by atoms with Crippen LogP contribution >= 0.6 is 11.6 Å². The topological polar surface area (TPSA) is 38.8 Å². The molecule has 0 aromatic heterocycles. The number of ether oxygens (including phenoxy) is 2. The van der Waals surface area contributed by atoms with E-state index in [0.29, 0.717) is 6.42 Å². The molecule has 1 unspecified atom stereocenters. The Balaban J connectivity index is 1.50. The Kier molecular flexibility index (Phi) is 5.80. The van der Waals surface area contributed by atoms with Crippen molar-refractivity contribution in [2.45, 2.75) is 50.2 Å². The number of aryl methyl sites for hydroxylation is 1. The van der Waals surface area contributed by atoms with E-state index in [1.54, 1.807) is 7.11 Å². The highest BCUT2D eigenvalue weighted by Crippen LogP contribution is 2.36. The van der Waals surface area contributed by atoms with Crippen LogP contribution in [-0.2, 0) is 20.7 Å². The number of nitrogens with zero attached hydrogens (tertiary/aromatic N) is 1. The minimum Gasteiger partial charge on any atom is -0.378 e. The van der Waals surface area contributed by atoms with Crippen molar-refractivity contribution in [1.29, 1.82) is 0 Å². The second-order valence-corrected chi connectivity index (χ2v) is 7.22. The van der Waals surface area contributed by atoms with Crippen LogP contribution in [0.3, 0.4) is 0 Å². The number of benzene rings is 1. The maximum Gasteiger partial charge on any atom is 0.222 e. The smallest absolute Gasteiger partial charge is 0.222 e. The van der Waals surface area contributed by atoms with Crippen molar-refractivity contribution in [1.82, 2.24) is 4.90 Å². The lowest BCUT2D eigenvalue weighted by molar-refractivity contribution is -0.188.